The van der Waals surface area contributed by atoms with Crippen molar-refractivity contribution in [3.8, 4) is 6.19 Å². The zero-order valence-corrected chi connectivity index (χ0v) is 9.23. The molecule has 5 heteroatoms. The minimum absolute atomic E-state index is 0.445. The van der Waals surface area contributed by atoms with E-state index < -0.39 is 9.73 Å². The molecular formula is C8H17N3OS. The van der Waals surface area contributed by atoms with Crippen LogP contribution in [0.1, 0.15) is 20.3 Å². The summed E-state index contributed by atoms with van der Waals surface area (Å²) >= 11 is 0. The SMILES string of the molecule is CC(C)NCCCS(C)(=O)=NC#N. The van der Waals surface area contributed by atoms with Crippen LogP contribution in [-0.2, 0) is 9.73 Å². The summed E-state index contributed by atoms with van der Waals surface area (Å²) < 4.78 is 14.8. The molecule has 1 atom stereocenters. The summed E-state index contributed by atoms with van der Waals surface area (Å²) in [6, 6.07) is 0.445. The van der Waals surface area contributed by atoms with Crippen molar-refractivity contribution >= 4 is 9.73 Å². The summed E-state index contributed by atoms with van der Waals surface area (Å²) in [5.74, 6) is 0.486. The minimum Gasteiger partial charge on any atom is -0.315 e. The molecule has 0 aliphatic rings. The third-order valence-electron chi connectivity index (χ3n) is 1.49. The van der Waals surface area contributed by atoms with E-state index in [2.05, 4.69) is 23.5 Å². The van der Waals surface area contributed by atoms with Crippen LogP contribution in [0.15, 0.2) is 4.36 Å². The average Bonchev–Trinajstić information content (AvgIpc) is 1.98. The van der Waals surface area contributed by atoms with Gasteiger partial charge in [-0.3, -0.25) is 0 Å². The van der Waals surface area contributed by atoms with E-state index in [1.807, 2.05) is 0 Å². The van der Waals surface area contributed by atoms with Gasteiger partial charge in [-0.2, -0.15) is 5.26 Å². The number of hydrogen-bond donors (Lipinski definition) is 1. The highest BCUT2D eigenvalue weighted by molar-refractivity contribution is 7.92. The molecule has 0 aromatic carbocycles. The van der Waals surface area contributed by atoms with Gasteiger partial charge in [-0.05, 0) is 13.0 Å². The van der Waals surface area contributed by atoms with Crippen LogP contribution in [0, 0.1) is 11.5 Å². The Morgan fingerprint density at radius 1 is 1.62 bits per heavy atom. The van der Waals surface area contributed by atoms with Gasteiger partial charge in [-0.15, -0.1) is 4.36 Å². The zero-order chi connectivity index (χ0) is 10.3. The molecule has 0 saturated heterocycles. The topological polar surface area (TPSA) is 65.2 Å². The molecule has 13 heavy (non-hydrogen) atoms. The van der Waals surface area contributed by atoms with Crippen LogP contribution in [0.5, 0.6) is 0 Å². The van der Waals surface area contributed by atoms with Crippen LogP contribution in [0.3, 0.4) is 0 Å². The van der Waals surface area contributed by atoms with Gasteiger partial charge in [0.05, 0.1) is 9.73 Å². The second-order valence-corrected chi connectivity index (χ2v) is 5.83. The molecule has 1 unspecified atom stereocenters. The largest absolute Gasteiger partial charge is 0.315 e. The maximum Gasteiger partial charge on any atom is 0.214 e. The van der Waals surface area contributed by atoms with Gasteiger partial charge in [0.2, 0.25) is 6.19 Å². The molecule has 1 N–H and O–H groups in total. The Labute approximate surface area is 80.5 Å². The highest BCUT2D eigenvalue weighted by Crippen LogP contribution is 1.93. The first-order chi connectivity index (χ1) is 5.98. The molecule has 0 aliphatic heterocycles. The quantitative estimate of drug-likeness (QED) is 0.534. The molecule has 0 fully saturated rings. The van der Waals surface area contributed by atoms with Gasteiger partial charge in [-0.25, -0.2) is 4.21 Å². The maximum atomic E-state index is 11.4. The molecular weight excluding hydrogens is 186 g/mol. The highest BCUT2D eigenvalue weighted by Gasteiger charge is 2.00. The maximum absolute atomic E-state index is 11.4. The van der Waals surface area contributed by atoms with E-state index in [4.69, 9.17) is 5.26 Å². The Bertz CT molecular complexity index is 284. The number of nitriles is 1. The molecule has 0 spiro atoms. The number of hydrogen-bond acceptors (Lipinski definition) is 4. The molecule has 76 valence electrons. The Kier molecular flexibility index (Phi) is 5.67. The molecule has 0 rings (SSSR count). The standard InChI is InChI=1S/C8H17N3OS/c1-8(2)10-5-4-6-13(3,12)11-7-9/h8,10H,4-6H2,1-3H3. The fourth-order valence-electron chi connectivity index (χ4n) is 0.863. The lowest BCUT2D eigenvalue weighted by molar-refractivity contribution is 0.583. The lowest BCUT2D eigenvalue weighted by Gasteiger charge is -2.07. The molecule has 0 aromatic heterocycles. The zero-order valence-electron chi connectivity index (χ0n) is 8.41. The molecule has 0 heterocycles. The van der Waals surface area contributed by atoms with Gasteiger partial charge in [-0.1, -0.05) is 13.8 Å². The Morgan fingerprint density at radius 2 is 2.23 bits per heavy atom. The van der Waals surface area contributed by atoms with Gasteiger partial charge >= 0.3 is 0 Å². The normalized spacial score (nSPS) is 15.0. The smallest absolute Gasteiger partial charge is 0.214 e. The fraction of sp³-hybridized carbons (Fsp3) is 0.875. The van der Waals surface area contributed by atoms with E-state index in [1.54, 1.807) is 6.19 Å². The third kappa shape index (κ3) is 7.75. The van der Waals surface area contributed by atoms with Crippen molar-refractivity contribution in [1.82, 2.24) is 5.32 Å². The summed E-state index contributed by atoms with van der Waals surface area (Å²) in [6.07, 6.45) is 3.90. The van der Waals surface area contributed by atoms with Crippen molar-refractivity contribution in [2.75, 3.05) is 18.6 Å². The van der Waals surface area contributed by atoms with E-state index in [1.165, 1.54) is 6.26 Å². The van der Waals surface area contributed by atoms with Gasteiger partial charge in [0, 0.05) is 18.1 Å². The molecule has 4 nitrogen and oxygen atoms in total. The minimum atomic E-state index is -2.26. The highest BCUT2D eigenvalue weighted by atomic mass is 32.2. The van der Waals surface area contributed by atoms with E-state index >= 15 is 0 Å². The van der Waals surface area contributed by atoms with Crippen molar-refractivity contribution in [2.24, 2.45) is 4.36 Å². The van der Waals surface area contributed by atoms with Crippen LogP contribution in [0.2, 0.25) is 0 Å². The molecule has 0 bridgehead atoms. The number of nitrogens with one attached hydrogen (secondary N) is 1. The summed E-state index contributed by atoms with van der Waals surface area (Å²) in [6.45, 7) is 4.94. The van der Waals surface area contributed by atoms with E-state index in [0.717, 1.165) is 13.0 Å². The predicted octanol–water partition coefficient (Wildman–Crippen LogP) is 0.953. The molecule has 0 saturated carbocycles. The summed E-state index contributed by atoms with van der Waals surface area (Å²) in [5.41, 5.74) is 0. The van der Waals surface area contributed by atoms with Gasteiger partial charge in [0.15, 0.2) is 0 Å². The first-order valence-corrected chi connectivity index (χ1v) is 6.38. The van der Waals surface area contributed by atoms with Crippen molar-refractivity contribution in [1.29, 1.82) is 5.26 Å². The lowest BCUT2D eigenvalue weighted by Crippen LogP contribution is -2.25. The van der Waals surface area contributed by atoms with Crippen molar-refractivity contribution in [2.45, 2.75) is 26.3 Å². The van der Waals surface area contributed by atoms with Gasteiger partial charge < -0.3 is 5.32 Å². The molecule has 0 aromatic rings. The molecule has 0 aliphatic carbocycles. The first kappa shape index (κ1) is 12.4. The predicted molar refractivity (Wildman–Crippen MR) is 54.7 cm³/mol. The van der Waals surface area contributed by atoms with Crippen molar-refractivity contribution < 1.29 is 4.21 Å². The summed E-state index contributed by atoms with van der Waals surface area (Å²) in [4.78, 5) is 0. The second-order valence-electron chi connectivity index (χ2n) is 3.32. The van der Waals surface area contributed by atoms with E-state index in [0.29, 0.717) is 11.8 Å². The van der Waals surface area contributed by atoms with Crippen molar-refractivity contribution in [3.63, 3.8) is 0 Å². The second kappa shape index (κ2) is 5.95. The monoisotopic (exact) mass is 203 g/mol. The van der Waals surface area contributed by atoms with Crippen LogP contribution >= 0.6 is 0 Å². The number of nitrogens with zero attached hydrogens (tertiary/aromatic N) is 2. The summed E-state index contributed by atoms with van der Waals surface area (Å²) in [5, 5.41) is 11.4. The van der Waals surface area contributed by atoms with Crippen LogP contribution in [0.4, 0.5) is 0 Å². The summed E-state index contributed by atoms with van der Waals surface area (Å²) in [7, 11) is -2.26. The van der Waals surface area contributed by atoms with Gasteiger partial charge in [0.25, 0.3) is 0 Å². The van der Waals surface area contributed by atoms with Gasteiger partial charge in [0.1, 0.15) is 0 Å². The average molecular weight is 203 g/mol. The van der Waals surface area contributed by atoms with Crippen LogP contribution in [0.25, 0.3) is 0 Å². The van der Waals surface area contributed by atoms with Crippen molar-refractivity contribution in [3.05, 3.63) is 0 Å². The van der Waals surface area contributed by atoms with E-state index in [-0.39, 0.29) is 0 Å². The third-order valence-corrected chi connectivity index (χ3v) is 3.00. The van der Waals surface area contributed by atoms with Crippen LogP contribution < -0.4 is 5.32 Å². The lowest BCUT2D eigenvalue weighted by atomic mass is 10.4. The van der Waals surface area contributed by atoms with Crippen LogP contribution in [-0.4, -0.2) is 28.8 Å². The Morgan fingerprint density at radius 3 is 2.69 bits per heavy atom. The van der Waals surface area contributed by atoms with E-state index in [9.17, 15) is 4.21 Å². The molecule has 0 amide bonds. The molecule has 0 radical (unpaired) electrons. The fourth-order valence-corrected chi connectivity index (χ4v) is 1.81. The number of rotatable bonds is 5. The first-order valence-electron chi connectivity index (χ1n) is 4.29. The Hall–Kier alpha value is -0.600. The Balaban J connectivity index is 3.73.